The number of aromatic amines is 1. The Kier molecular flexibility index (Phi) is 6.92. The van der Waals surface area contributed by atoms with Crippen molar-refractivity contribution in [1.82, 2.24) is 14.6 Å². The average Bonchev–Trinajstić information content (AvgIpc) is 2.78. The summed E-state index contributed by atoms with van der Waals surface area (Å²) in [4.78, 5) is 17.8. The van der Waals surface area contributed by atoms with Crippen LogP contribution in [0.3, 0.4) is 0 Å². The van der Waals surface area contributed by atoms with Gasteiger partial charge in [-0.2, -0.15) is 17.5 Å². The van der Waals surface area contributed by atoms with Crippen LogP contribution in [0.5, 0.6) is 0 Å². The molecular weight excluding hydrogens is 467 g/mol. The van der Waals surface area contributed by atoms with E-state index in [0.717, 1.165) is 9.21 Å². The Morgan fingerprint density at radius 2 is 1.91 bits per heavy atom. The number of alkyl halides is 3. The van der Waals surface area contributed by atoms with Crippen molar-refractivity contribution in [3.8, 4) is 0 Å². The first kappa shape index (κ1) is 24.3. The Labute approximate surface area is 189 Å². The van der Waals surface area contributed by atoms with Gasteiger partial charge in [-0.1, -0.05) is 0 Å². The molecule has 0 aromatic carbocycles. The van der Waals surface area contributed by atoms with Crippen LogP contribution in [-0.4, -0.2) is 100 Å². The lowest BCUT2D eigenvalue weighted by molar-refractivity contribution is -0.153. The van der Waals surface area contributed by atoms with Crippen molar-refractivity contribution in [3.05, 3.63) is 22.5 Å². The molecule has 1 aromatic rings. The van der Waals surface area contributed by atoms with Crippen LogP contribution in [0.15, 0.2) is 16.9 Å². The predicted octanol–water partition coefficient (Wildman–Crippen LogP) is -0.0714. The third kappa shape index (κ3) is 5.14. The van der Waals surface area contributed by atoms with E-state index < -0.39 is 39.8 Å². The highest BCUT2D eigenvalue weighted by Crippen LogP contribution is 2.33. The van der Waals surface area contributed by atoms with Crippen LogP contribution in [0.1, 0.15) is 6.92 Å². The van der Waals surface area contributed by atoms with Gasteiger partial charge in [-0.3, -0.25) is 4.79 Å². The molecule has 2 N–H and O–H groups in total. The second kappa shape index (κ2) is 9.41. The van der Waals surface area contributed by atoms with Gasteiger partial charge in [-0.25, -0.2) is 8.42 Å². The number of ether oxygens (including phenoxy) is 2. The monoisotopic (exact) mass is 495 g/mol. The van der Waals surface area contributed by atoms with Crippen molar-refractivity contribution in [2.75, 3.05) is 68.9 Å². The summed E-state index contributed by atoms with van der Waals surface area (Å²) >= 11 is 0. The van der Waals surface area contributed by atoms with E-state index >= 15 is 0 Å². The summed E-state index contributed by atoms with van der Waals surface area (Å²) in [6, 6.07) is 0.700. The number of piperazine rings is 1. The van der Waals surface area contributed by atoms with E-state index in [1.807, 2.05) is 11.8 Å². The van der Waals surface area contributed by atoms with E-state index in [2.05, 4.69) is 10.3 Å². The van der Waals surface area contributed by atoms with Crippen LogP contribution in [0.4, 0.5) is 24.7 Å². The van der Waals surface area contributed by atoms with E-state index in [1.54, 1.807) is 0 Å². The summed E-state index contributed by atoms with van der Waals surface area (Å²) in [5, 5.41) is 2.89. The van der Waals surface area contributed by atoms with Crippen LogP contribution in [0, 0.1) is 0 Å². The predicted molar refractivity (Wildman–Crippen MR) is 115 cm³/mol. The van der Waals surface area contributed by atoms with Gasteiger partial charge in [0.05, 0.1) is 19.8 Å². The zero-order valence-electron chi connectivity index (χ0n) is 18.2. The molecule has 3 saturated heterocycles. The minimum atomic E-state index is -4.72. The fourth-order valence-electron chi connectivity index (χ4n) is 4.40. The van der Waals surface area contributed by atoms with Gasteiger partial charge < -0.3 is 29.6 Å². The molecule has 33 heavy (non-hydrogen) atoms. The molecule has 4 rings (SSSR count). The quantitative estimate of drug-likeness (QED) is 0.598. The molecule has 3 unspecified atom stereocenters. The SMILES string of the molecule is CC1COCCN1c1cc(N2CCN(S(=O)(=O)C3CNCCO3)CC2C(F)(F)F)[nH]c(=O)c1. The van der Waals surface area contributed by atoms with Gasteiger partial charge in [0.2, 0.25) is 10.0 Å². The Balaban J connectivity index is 1.61. The number of nitrogens with zero attached hydrogens (tertiary/aromatic N) is 3. The van der Waals surface area contributed by atoms with Gasteiger partial charge in [0.15, 0.2) is 5.44 Å². The standard InChI is InChI=1S/C19H28F3N5O5S/c1-13-12-31-7-5-26(13)14-8-16(24-17(28)9-14)27-4-3-25(11-15(27)19(20,21)22)33(29,30)18-10-23-2-6-32-18/h8-9,13,15,18,23H,2-7,10-12H2,1H3,(H,24,28). The smallest absolute Gasteiger partial charge is 0.377 e. The number of morpholine rings is 2. The number of nitrogens with one attached hydrogen (secondary N) is 2. The first-order valence-corrected chi connectivity index (χ1v) is 12.3. The number of H-pyrrole nitrogens is 1. The number of pyridine rings is 1. The number of halogens is 3. The Hall–Kier alpha value is -1.87. The molecule has 3 aliphatic heterocycles. The summed E-state index contributed by atoms with van der Waals surface area (Å²) in [6.45, 7) is 2.80. The maximum absolute atomic E-state index is 14.1. The lowest BCUT2D eigenvalue weighted by atomic mass is 10.1. The third-order valence-electron chi connectivity index (χ3n) is 6.13. The first-order chi connectivity index (χ1) is 15.6. The Morgan fingerprint density at radius 3 is 2.58 bits per heavy atom. The molecule has 1 aromatic heterocycles. The number of aromatic nitrogens is 1. The lowest BCUT2D eigenvalue weighted by Crippen LogP contribution is -2.62. The van der Waals surface area contributed by atoms with E-state index in [9.17, 15) is 26.4 Å². The van der Waals surface area contributed by atoms with Crippen LogP contribution < -0.4 is 20.7 Å². The molecule has 3 aliphatic rings. The van der Waals surface area contributed by atoms with Crippen LogP contribution in [0.25, 0.3) is 0 Å². The summed E-state index contributed by atoms with van der Waals surface area (Å²) in [6.07, 6.45) is -4.72. The third-order valence-corrected chi connectivity index (χ3v) is 8.15. The van der Waals surface area contributed by atoms with E-state index in [0.29, 0.717) is 32.0 Å². The Bertz CT molecular complexity index is 998. The molecule has 0 bridgehead atoms. The highest BCUT2D eigenvalue weighted by Gasteiger charge is 2.50. The van der Waals surface area contributed by atoms with Gasteiger partial charge >= 0.3 is 6.18 Å². The summed E-state index contributed by atoms with van der Waals surface area (Å²) < 4.78 is 79.6. The highest BCUT2D eigenvalue weighted by molar-refractivity contribution is 7.89. The maximum Gasteiger partial charge on any atom is 0.410 e. The van der Waals surface area contributed by atoms with Crippen molar-refractivity contribution in [2.24, 2.45) is 0 Å². The fourth-order valence-corrected chi connectivity index (χ4v) is 6.02. The minimum absolute atomic E-state index is 0.00569. The van der Waals surface area contributed by atoms with Gasteiger partial charge in [0, 0.05) is 63.1 Å². The number of anilines is 2. The van der Waals surface area contributed by atoms with Crippen molar-refractivity contribution in [3.63, 3.8) is 0 Å². The van der Waals surface area contributed by atoms with Gasteiger partial charge in [0.25, 0.3) is 5.56 Å². The zero-order valence-corrected chi connectivity index (χ0v) is 19.0. The molecule has 0 amide bonds. The molecule has 186 valence electrons. The van der Waals surface area contributed by atoms with Crippen molar-refractivity contribution >= 4 is 21.5 Å². The summed E-state index contributed by atoms with van der Waals surface area (Å²) in [5.41, 5.74) is -1.25. The lowest BCUT2D eigenvalue weighted by Gasteiger charge is -2.43. The molecule has 3 atom stereocenters. The second-order valence-corrected chi connectivity index (χ2v) is 10.4. The van der Waals surface area contributed by atoms with E-state index in [4.69, 9.17) is 9.47 Å². The zero-order chi connectivity index (χ0) is 23.8. The topological polar surface area (TPSA) is 107 Å². The van der Waals surface area contributed by atoms with Crippen LogP contribution in [-0.2, 0) is 19.5 Å². The minimum Gasteiger partial charge on any atom is -0.377 e. The van der Waals surface area contributed by atoms with Crippen molar-refractivity contribution < 1.29 is 31.1 Å². The number of hydrogen-bond acceptors (Lipinski definition) is 8. The molecule has 0 radical (unpaired) electrons. The van der Waals surface area contributed by atoms with E-state index in [-0.39, 0.29) is 38.1 Å². The molecular formula is C19H28F3N5O5S. The second-order valence-electron chi connectivity index (χ2n) is 8.36. The number of sulfonamides is 1. The molecule has 0 spiro atoms. The van der Waals surface area contributed by atoms with Crippen LogP contribution in [0.2, 0.25) is 0 Å². The van der Waals surface area contributed by atoms with E-state index in [1.165, 1.54) is 12.1 Å². The van der Waals surface area contributed by atoms with Gasteiger partial charge in [0.1, 0.15) is 11.9 Å². The van der Waals surface area contributed by atoms with Crippen molar-refractivity contribution in [2.45, 2.75) is 30.6 Å². The molecule has 10 nitrogen and oxygen atoms in total. The van der Waals surface area contributed by atoms with Gasteiger partial charge in [-0.05, 0) is 6.92 Å². The van der Waals surface area contributed by atoms with Crippen molar-refractivity contribution in [1.29, 1.82) is 0 Å². The van der Waals surface area contributed by atoms with Gasteiger partial charge in [-0.15, -0.1) is 0 Å². The Morgan fingerprint density at radius 1 is 1.12 bits per heavy atom. The molecule has 0 saturated carbocycles. The normalized spacial score (nSPS) is 28.2. The maximum atomic E-state index is 14.1. The molecule has 0 aliphatic carbocycles. The summed E-state index contributed by atoms with van der Waals surface area (Å²) in [5.74, 6) is 0.00569. The largest absolute Gasteiger partial charge is 0.410 e. The summed E-state index contributed by atoms with van der Waals surface area (Å²) in [7, 11) is -4.10. The number of hydrogen-bond donors (Lipinski definition) is 2. The molecule has 3 fully saturated rings. The van der Waals surface area contributed by atoms with Crippen LogP contribution >= 0.6 is 0 Å². The molecule has 14 heteroatoms. The highest BCUT2D eigenvalue weighted by atomic mass is 32.2. The molecule has 4 heterocycles. The number of rotatable bonds is 4. The fraction of sp³-hybridized carbons (Fsp3) is 0.737. The average molecular weight is 496 g/mol. The first-order valence-electron chi connectivity index (χ1n) is 10.8.